The topological polar surface area (TPSA) is 19.6 Å². The molecular formula is C53H40N2O. The van der Waals surface area contributed by atoms with E-state index in [1.54, 1.807) is 0 Å². The molecular weight excluding hydrogens is 681 g/mol. The molecule has 3 heteroatoms. The Balaban J connectivity index is 1.11. The lowest BCUT2D eigenvalue weighted by atomic mass is 9.74. The maximum atomic E-state index is 6.70. The van der Waals surface area contributed by atoms with Crippen molar-refractivity contribution in [3.05, 3.63) is 216 Å². The van der Waals surface area contributed by atoms with Crippen molar-refractivity contribution in [3.63, 3.8) is 0 Å². The molecule has 2 aliphatic carbocycles. The van der Waals surface area contributed by atoms with E-state index >= 15 is 0 Å². The summed E-state index contributed by atoms with van der Waals surface area (Å²) in [5.41, 5.74) is 16.9. The molecule has 9 aromatic rings. The van der Waals surface area contributed by atoms with Gasteiger partial charge in [0.25, 0.3) is 0 Å². The standard InChI is InChI=1S/C53H40N2O/c1-5-16-37(17-6-1)44-26-15-29-48-50(44)45-31-30-43(36-49(45)56-48)55(42-24-11-4-12-25-42)47-28-14-19-39-33-35-53(52(39)47)34-32-38-18-13-27-46(51(38)53)54(40-20-7-2-8-21-40)41-22-9-3-10-23-41/h1-31,36H,32-35H2/t53-/m1/s1. The molecule has 0 radical (unpaired) electrons. The highest BCUT2D eigenvalue weighted by molar-refractivity contribution is 6.13. The minimum Gasteiger partial charge on any atom is -0.456 e. The van der Waals surface area contributed by atoms with Crippen LogP contribution < -0.4 is 9.80 Å². The van der Waals surface area contributed by atoms with Gasteiger partial charge in [-0.2, -0.15) is 0 Å². The van der Waals surface area contributed by atoms with Crippen molar-refractivity contribution in [1.29, 1.82) is 0 Å². The van der Waals surface area contributed by atoms with Crippen LogP contribution in [0.5, 0.6) is 0 Å². The second-order valence-corrected chi connectivity index (χ2v) is 15.2. The molecule has 0 saturated carbocycles. The number of fused-ring (bicyclic) bond motifs is 7. The quantitative estimate of drug-likeness (QED) is 0.163. The summed E-state index contributed by atoms with van der Waals surface area (Å²) in [7, 11) is 0. The van der Waals surface area contributed by atoms with Gasteiger partial charge in [-0.15, -0.1) is 0 Å². The van der Waals surface area contributed by atoms with Crippen molar-refractivity contribution in [3.8, 4) is 11.1 Å². The van der Waals surface area contributed by atoms with Gasteiger partial charge in [-0.25, -0.2) is 0 Å². The Kier molecular flexibility index (Phi) is 7.67. The van der Waals surface area contributed by atoms with Crippen LogP contribution in [0.1, 0.15) is 35.1 Å². The highest BCUT2D eigenvalue weighted by atomic mass is 16.3. The largest absolute Gasteiger partial charge is 0.456 e. The molecule has 0 unspecified atom stereocenters. The lowest BCUT2D eigenvalue weighted by Gasteiger charge is -2.37. The Morgan fingerprint density at radius 3 is 1.46 bits per heavy atom. The number of furan rings is 1. The minimum atomic E-state index is -0.152. The van der Waals surface area contributed by atoms with Crippen LogP contribution in [0.4, 0.5) is 34.1 Å². The normalized spacial score (nSPS) is 15.6. The molecule has 0 bridgehead atoms. The average Bonchev–Trinajstić information content (AvgIpc) is 3.96. The Bertz CT molecular complexity index is 2820. The van der Waals surface area contributed by atoms with Gasteiger partial charge in [0.2, 0.25) is 0 Å². The van der Waals surface area contributed by atoms with Crippen molar-refractivity contribution in [2.24, 2.45) is 0 Å². The number of anilines is 6. The third-order valence-corrected chi connectivity index (χ3v) is 12.2. The van der Waals surface area contributed by atoms with Gasteiger partial charge >= 0.3 is 0 Å². The predicted octanol–water partition coefficient (Wildman–Crippen LogP) is 14.4. The maximum absolute atomic E-state index is 6.70. The SMILES string of the molecule is c1ccc(-c2cccc3oc4cc(N(c5ccccc5)c5cccc6c5[C@]5(CCc7cccc(N(c8ccccc8)c8ccccc8)c75)CC6)ccc4c23)cc1. The maximum Gasteiger partial charge on any atom is 0.137 e. The molecule has 56 heavy (non-hydrogen) atoms. The molecule has 268 valence electrons. The molecule has 0 fully saturated rings. The molecule has 0 saturated heterocycles. The van der Waals surface area contributed by atoms with E-state index < -0.39 is 0 Å². The summed E-state index contributed by atoms with van der Waals surface area (Å²) < 4.78 is 6.70. The summed E-state index contributed by atoms with van der Waals surface area (Å²) in [6.45, 7) is 0. The van der Waals surface area contributed by atoms with Crippen molar-refractivity contribution in [2.45, 2.75) is 31.1 Å². The highest BCUT2D eigenvalue weighted by Gasteiger charge is 2.49. The molecule has 1 heterocycles. The second-order valence-electron chi connectivity index (χ2n) is 15.2. The fourth-order valence-electron chi connectivity index (χ4n) is 9.91. The van der Waals surface area contributed by atoms with E-state index in [1.165, 1.54) is 56.1 Å². The molecule has 1 aromatic heterocycles. The average molecular weight is 721 g/mol. The Labute approximate surface area is 327 Å². The number of benzene rings is 8. The number of aryl methyl sites for hydroxylation is 2. The molecule has 8 aromatic carbocycles. The minimum absolute atomic E-state index is 0.152. The summed E-state index contributed by atoms with van der Waals surface area (Å²) in [6, 6.07) is 70.4. The molecule has 1 atom stereocenters. The molecule has 0 N–H and O–H groups in total. The molecule has 0 aliphatic heterocycles. The van der Waals surface area contributed by atoms with Gasteiger partial charge < -0.3 is 14.2 Å². The summed E-state index contributed by atoms with van der Waals surface area (Å²) in [5, 5.41) is 2.28. The van der Waals surface area contributed by atoms with E-state index in [0.717, 1.165) is 59.0 Å². The van der Waals surface area contributed by atoms with Crippen LogP contribution in [0, 0.1) is 0 Å². The van der Waals surface area contributed by atoms with E-state index in [4.69, 9.17) is 4.42 Å². The van der Waals surface area contributed by atoms with E-state index in [9.17, 15) is 0 Å². The Morgan fingerprint density at radius 1 is 0.411 bits per heavy atom. The lowest BCUT2D eigenvalue weighted by molar-refractivity contribution is 0.508. The van der Waals surface area contributed by atoms with Gasteiger partial charge in [0.1, 0.15) is 11.2 Å². The number of hydrogen-bond donors (Lipinski definition) is 0. The smallest absolute Gasteiger partial charge is 0.137 e. The molecule has 2 aliphatic rings. The van der Waals surface area contributed by atoms with Gasteiger partial charge in [-0.3, -0.25) is 0 Å². The van der Waals surface area contributed by atoms with Crippen LogP contribution in [-0.4, -0.2) is 0 Å². The van der Waals surface area contributed by atoms with Gasteiger partial charge in [-0.1, -0.05) is 121 Å². The van der Waals surface area contributed by atoms with E-state index in [1.807, 2.05) is 0 Å². The third-order valence-electron chi connectivity index (χ3n) is 12.2. The van der Waals surface area contributed by atoms with Crippen molar-refractivity contribution < 1.29 is 4.42 Å². The van der Waals surface area contributed by atoms with Crippen molar-refractivity contribution >= 4 is 56.1 Å². The predicted molar refractivity (Wildman–Crippen MR) is 232 cm³/mol. The van der Waals surface area contributed by atoms with Gasteiger partial charge in [0.15, 0.2) is 0 Å². The highest BCUT2D eigenvalue weighted by Crippen LogP contribution is 2.60. The van der Waals surface area contributed by atoms with Gasteiger partial charge in [-0.05, 0) is 126 Å². The summed E-state index contributed by atoms with van der Waals surface area (Å²) >= 11 is 0. The Hall–Kier alpha value is -6.84. The first-order valence-electron chi connectivity index (χ1n) is 19.8. The summed E-state index contributed by atoms with van der Waals surface area (Å²) in [6.07, 6.45) is 4.25. The third kappa shape index (κ3) is 5.12. The van der Waals surface area contributed by atoms with Crippen LogP contribution in [0.15, 0.2) is 199 Å². The van der Waals surface area contributed by atoms with E-state index in [2.05, 4.69) is 204 Å². The Morgan fingerprint density at radius 2 is 0.911 bits per heavy atom. The zero-order valence-corrected chi connectivity index (χ0v) is 31.1. The van der Waals surface area contributed by atoms with Gasteiger partial charge in [0, 0.05) is 45.0 Å². The number of nitrogens with zero attached hydrogens (tertiary/aromatic N) is 2. The van der Waals surface area contributed by atoms with E-state index in [-0.39, 0.29) is 5.41 Å². The van der Waals surface area contributed by atoms with Crippen LogP contribution in [0.2, 0.25) is 0 Å². The number of hydrogen-bond acceptors (Lipinski definition) is 3. The first-order valence-corrected chi connectivity index (χ1v) is 19.8. The van der Waals surface area contributed by atoms with Crippen molar-refractivity contribution in [2.75, 3.05) is 9.80 Å². The molecule has 0 amide bonds. The summed E-state index contributed by atoms with van der Waals surface area (Å²) in [5.74, 6) is 0. The first-order chi connectivity index (χ1) is 27.8. The second kappa shape index (κ2) is 13.2. The number of para-hydroxylation sites is 3. The van der Waals surface area contributed by atoms with Gasteiger partial charge in [0.05, 0.1) is 11.4 Å². The fourth-order valence-corrected chi connectivity index (χ4v) is 9.91. The summed E-state index contributed by atoms with van der Waals surface area (Å²) in [4.78, 5) is 4.95. The monoisotopic (exact) mass is 720 g/mol. The molecule has 11 rings (SSSR count). The van der Waals surface area contributed by atoms with Crippen molar-refractivity contribution in [1.82, 2.24) is 0 Å². The molecule has 3 nitrogen and oxygen atoms in total. The lowest BCUT2D eigenvalue weighted by Crippen LogP contribution is -2.27. The fraction of sp³-hybridized carbons (Fsp3) is 0.0943. The van der Waals surface area contributed by atoms with Crippen LogP contribution in [-0.2, 0) is 18.3 Å². The van der Waals surface area contributed by atoms with Crippen LogP contribution >= 0.6 is 0 Å². The zero-order valence-electron chi connectivity index (χ0n) is 31.1. The van der Waals surface area contributed by atoms with Crippen LogP contribution in [0.25, 0.3) is 33.1 Å². The van der Waals surface area contributed by atoms with Crippen LogP contribution in [0.3, 0.4) is 0 Å². The zero-order chi connectivity index (χ0) is 37.1. The number of rotatable bonds is 7. The first kappa shape index (κ1) is 32.6. The van der Waals surface area contributed by atoms with E-state index in [0.29, 0.717) is 0 Å². The molecule has 1 spiro atoms.